The van der Waals surface area contributed by atoms with Crippen LogP contribution < -0.4 is 0 Å². The van der Waals surface area contributed by atoms with Gasteiger partial charge in [-0.2, -0.15) is 0 Å². The lowest BCUT2D eigenvalue weighted by Gasteiger charge is -2.12. The summed E-state index contributed by atoms with van der Waals surface area (Å²) in [6.07, 6.45) is 4.06. The van der Waals surface area contributed by atoms with Crippen LogP contribution in [-0.2, 0) is 4.74 Å². The maximum atomic E-state index is 9.75. The van der Waals surface area contributed by atoms with Crippen LogP contribution >= 0.6 is 0 Å². The van der Waals surface area contributed by atoms with Crippen molar-refractivity contribution in [1.29, 1.82) is 5.41 Å². The average Bonchev–Trinajstić information content (AvgIpc) is 2.92. The molecule has 2 aliphatic heterocycles. The number of halogens is 4. The number of ether oxygens (including phenoxy) is 1. The van der Waals surface area contributed by atoms with Crippen molar-refractivity contribution >= 4 is 25.1 Å². The summed E-state index contributed by atoms with van der Waals surface area (Å²) in [6, 6.07) is 17.9. The monoisotopic (exact) mass is 348 g/mol. The standard InChI is InChI=1S/C17H13N2O.BF4/c18-16-15-14-9-5-4-6-12(14)10-11-19(15)17(20-16)13-7-2-1-3-8-13;2-1(3,4)5/h1-11,15,18H;/q+1;-1. The average molecular weight is 348 g/mol. The molecule has 0 radical (unpaired) electrons. The van der Waals surface area contributed by atoms with E-state index in [4.69, 9.17) is 10.1 Å². The molecule has 1 atom stereocenters. The number of hydrogen-bond donors (Lipinski definition) is 1. The van der Waals surface area contributed by atoms with Crippen LogP contribution in [-0.4, -0.2) is 23.6 Å². The van der Waals surface area contributed by atoms with Gasteiger partial charge in [0.05, 0.1) is 5.56 Å². The van der Waals surface area contributed by atoms with Gasteiger partial charge < -0.3 is 22.0 Å². The summed E-state index contributed by atoms with van der Waals surface area (Å²) in [6.45, 7) is 0. The van der Waals surface area contributed by atoms with Gasteiger partial charge in [0.1, 0.15) is 0 Å². The lowest BCUT2D eigenvalue weighted by molar-refractivity contribution is -0.482. The van der Waals surface area contributed by atoms with E-state index in [9.17, 15) is 17.3 Å². The van der Waals surface area contributed by atoms with Crippen molar-refractivity contribution in [2.45, 2.75) is 6.04 Å². The second-order valence-corrected chi connectivity index (χ2v) is 5.39. The number of hydrogen-bond acceptors (Lipinski definition) is 2. The van der Waals surface area contributed by atoms with Crippen LogP contribution in [0.1, 0.15) is 22.7 Å². The number of benzene rings is 2. The number of nitrogens with zero attached hydrogens (tertiary/aromatic N) is 1. The first-order chi connectivity index (χ1) is 11.8. The molecule has 3 nitrogen and oxygen atoms in total. The van der Waals surface area contributed by atoms with Crippen molar-refractivity contribution < 1.29 is 26.6 Å². The van der Waals surface area contributed by atoms with Gasteiger partial charge in [-0.25, -0.2) is 0 Å². The predicted molar refractivity (Wildman–Crippen MR) is 88.0 cm³/mol. The fourth-order valence-electron chi connectivity index (χ4n) is 2.76. The Kier molecular flexibility index (Phi) is 4.44. The Balaban J connectivity index is 0.000000324. The van der Waals surface area contributed by atoms with E-state index in [0.29, 0.717) is 0 Å². The predicted octanol–water partition coefficient (Wildman–Crippen LogP) is 4.48. The van der Waals surface area contributed by atoms with E-state index in [0.717, 1.165) is 22.6 Å². The Morgan fingerprint density at radius 1 is 0.920 bits per heavy atom. The molecule has 4 rings (SSSR count). The van der Waals surface area contributed by atoms with Gasteiger partial charge in [-0.15, -0.1) is 4.58 Å². The topological polar surface area (TPSA) is 36.1 Å². The first-order valence-corrected chi connectivity index (χ1v) is 7.46. The van der Waals surface area contributed by atoms with Crippen molar-refractivity contribution in [2.75, 3.05) is 0 Å². The molecule has 0 amide bonds. The summed E-state index contributed by atoms with van der Waals surface area (Å²) >= 11 is 0. The molecule has 2 aromatic carbocycles. The number of fused-ring (bicyclic) bond motifs is 3. The van der Waals surface area contributed by atoms with Crippen LogP contribution in [0.2, 0.25) is 0 Å². The highest BCUT2D eigenvalue weighted by Crippen LogP contribution is 2.33. The molecule has 0 spiro atoms. The molecule has 2 heterocycles. The smallest absolute Gasteiger partial charge is 0.418 e. The van der Waals surface area contributed by atoms with Crippen LogP contribution in [0.15, 0.2) is 60.8 Å². The molecule has 25 heavy (non-hydrogen) atoms. The molecule has 0 fully saturated rings. The Bertz CT molecular complexity index is 856. The van der Waals surface area contributed by atoms with Crippen LogP contribution in [0.25, 0.3) is 6.08 Å². The van der Waals surface area contributed by atoms with Gasteiger partial charge in [0, 0.05) is 11.6 Å². The summed E-state index contributed by atoms with van der Waals surface area (Å²) in [5, 5.41) is 8.17. The van der Waals surface area contributed by atoms with Gasteiger partial charge >= 0.3 is 13.2 Å². The van der Waals surface area contributed by atoms with Gasteiger partial charge in [-0.1, -0.05) is 42.5 Å². The fraction of sp³-hybridized carbons (Fsp3) is 0.0588. The maximum Gasteiger partial charge on any atom is 0.673 e. The molecular weight excluding hydrogens is 335 g/mol. The highest BCUT2D eigenvalue weighted by molar-refractivity contribution is 6.50. The second-order valence-electron chi connectivity index (χ2n) is 5.39. The molecule has 0 aromatic heterocycles. The van der Waals surface area contributed by atoms with E-state index in [1.807, 2.05) is 53.2 Å². The molecule has 8 heteroatoms. The van der Waals surface area contributed by atoms with Crippen molar-refractivity contribution in [3.8, 4) is 0 Å². The molecule has 128 valence electrons. The zero-order valence-corrected chi connectivity index (χ0v) is 12.9. The van der Waals surface area contributed by atoms with E-state index in [-0.39, 0.29) is 11.9 Å². The minimum Gasteiger partial charge on any atom is -0.418 e. The minimum absolute atomic E-state index is 0.147. The van der Waals surface area contributed by atoms with E-state index in [2.05, 4.69) is 18.2 Å². The number of nitrogens with one attached hydrogen (secondary N) is 1. The molecule has 0 bridgehead atoms. The minimum atomic E-state index is -6.00. The molecule has 2 aromatic rings. The maximum absolute atomic E-state index is 9.75. The van der Waals surface area contributed by atoms with Crippen LogP contribution in [0.4, 0.5) is 17.3 Å². The molecule has 1 unspecified atom stereocenters. The second kappa shape index (κ2) is 6.54. The normalized spacial score (nSPS) is 18.1. The zero-order chi connectivity index (χ0) is 18.0. The van der Waals surface area contributed by atoms with Gasteiger partial charge in [0.15, 0.2) is 6.20 Å². The summed E-state index contributed by atoms with van der Waals surface area (Å²) in [4.78, 5) is 0. The van der Waals surface area contributed by atoms with Gasteiger partial charge in [-0.05, 0) is 17.7 Å². The van der Waals surface area contributed by atoms with E-state index < -0.39 is 7.25 Å². The SMILES string of the molecule is F[B-](F)(F)F.N=C1OC(c2ccccc2)=[N+]2C=Cc3ccccc3C12. The Morgan fingerprint density at radius 2 is 1.52 bits per heavy atom. The molecular formula is C17H13BF4N2O. The van der Waals surface area contributed by atoms with Crippen LogP contribution in [0, 0.1) is 5.41 Å². The van der Waals surface area contributed by atoms with Crippen LogP contribution in [0.5, 0.6) is 0 Å². The highest BCUT2D eigenvalue weighted by Gasteiger charge is 2.44. The third kappa shape index (κ3) is 3.79. The summed E-state index contributed by atoms with van der Waals surface area (Å²) in [5.74, 6) is 1.01. The molecule has 1 N–H and O–H groups in total. The first-order valence-electron chi connectivity index (χ1n) is 7.46. The Labute approximate surface area is 141 Å². The summed E-state index contributed by atoms with van der Waals surface area (Å²) in [7, 11) is -6.00. The third-order valence-corrected chi connectivity index (χ3v) is 3.69. The summed E-state index contributed by atoms with van der Waals surface area (Å²) in [5.41, 5.74) is 3.26. The van der Waals surface area contributed by atoms with Crippen molar-refractivity contribution in [2.24, 2.45) is 0 Å². The van der Waals surface area contributed by atoms with Gasteiger partial charge in [0.25, 0.3) is 11.9 Å². The van der Waals surface area contributed by atoms with Gasteiger partial charge in [0.2, 0.25) is 0 Å². The lowest BCUT2D eigenvalue weighted by atomic mass is 9.97. The Hall–Kier alpha value is -2.90. The highest BCUT2D eigenvalue weighted by atomic mass is 19.5. The van der Waals surface area contributed by atoms with Crippen LogP contribution in [0.3, 0.4) is 0 Å². The zero-order valence-electron chi connectivity index (χ0n) is 12.9. The largest absolute Gasteiger partial charge is 0.673 e. The summed E-state index contributed by atoms with van der Waals surface area (Å²) < 4.78 is 46.8. The molecule has 0 aliphatic carbocycles. The van der Waals surface area contributed by atoms with Crippen molar-refractivity contribution in [3.63, 3.8) is 0 Å². The molecule has 2 aliphatic rings. The van der Waals surface area contributed by atoms with Crippen molar-refractivity contribution in [1.82, 2.24) is 0 Å². The third-order valence-electron chi connectivity index (χ3n) is 3.69. The fourth-order valence-corrected chi connectivity index (χ4v) is 2.76. The number of rotatable bonds is 1. The van der Waals surface area contributed by atoms with E-state index >= 15 is 0 Å². The molecule has 0 saturated carbocycles. The quantitative estimate of drug-likeness (QED) is 0.461. The van der Waals surface area contributed by atoms with Crippen molar-refractivity contribution in [3.05, 3.63) is 77.5 Å². The Morgan fingerprint density at radius 3 is 2.20 bits per heavy atom. The first kappa shape index (κ1) is 16.9. The van der Waals surface area contributed by atoms with E-state index in [1.165, 1.54) is 0 Å². The van der Waals surface area contributed by atoms with E-state index in [1.54, 1.807) is 0 Å². The van der Waals surface area contributed by atoms with Gasteiger partial charge in [-0.3, -0.25) is 5.41 Å². The molecule has 0 saturated heterocycles. The lowest BCUT2D eigenvalue weighted by Crippen LogP contribution is -2.20.